The van der Waals surface area contributed by atoms with E-state index in [-0.39, 0.29) is 35.2 Å². The summed E-state index contributed by atoms with van der Waals surface area (Å²) >= 11 is 0. The van der Waals surface area contributed by atoms with Crippen LogP contribution in [0.4, 0.5) is 8.78 Å². The second-order valence-corrected chi connectivity index (χ2v) is 6.50. The standard InChI is InChI=1S/C19H27F2NO3/c1-4-14(19(23)25-5-2)12-6-8-13(9-7-12)15-10-11-22-18(24-3)16(15)17(20)21/h10-14,17H,4-9H2,1-3H3/t12-,13+,14?. The van der Waals surface area contributed by atoms with Crippen LogP contribution >= 0.6 is 0 Å². The van der Waals surface area contributed by atoms with Crippen LogP contribution in [-0.2, 0) is 9.53 Å². The van der Waals surface area contributed by atoms with E-state index in [0.29, 0.717) is 12.2 Å². The van der Waals surface area contributed by atoms with Gasteiger partial charge in [-0.3, -0.25) is 4.79 Å². The first-order chi connectivity index (χ1) is 12.0. The molecule has 1 aliphatic carbocycles. The molecule has 0 saturated heterocycles. The summed E-state index contributed by atoms with van der Waals surface area (Å²) in [6.45, 7) is 4.19. The van der Waals surface area contributed by atoms with Crippen LogP contribution in [0.3, 0.4) is 0 Å². The minimum absolute atomic E-state index is 0.00702. The van der Waals surface area contributed by atoms with Gasteiger partial charge in [0.1, 0.15) is 0 Å². The van der Waals surface area contributed by atoms with Crippen molar-refractivity contribution >= 4 is 5.97 Å². The molecule has 2 rings (SSSR count). The quantitative estimate of drug-likeness (QED) is 0.653. The largest absolute Gasteiger partial charge is 0.481 e. The number of esters is 1. The number of hydrogen-bond acceptors (Lipinski definition) is 4. The van der Waals surface area contributed by atoms with Crippen molar-refractivity contribution in [3.63, 3.8) is 0 Å². The Morgan fingerprint density at radius 2 is 1.96 bits per heavy atom. The predicted octanol–water partition coefficient (Wildman–Crippen LogP) is 4.89. The number of ether oxygens (including phenoxy) is 2. The van der Waals surface area contributed by atoms with Gasteiger partial charge in [-0.1, -0.05) is 6.92 Å². The molecular weight excluding hydrogens is 328 g/mol. The molecule has 0 aliphatic heterocycles. The Kier molecular flexibility index (Phi) is 7.14. The van der Waals surface area contributed by atoms with Crippen LogP contribution in [0.5, 0.6) is 5.88 Å². The highest BCUT2D eigenvalue weighted by Crippen LogP contribution is 2.44. The fourth-order valence-electron chi connectivity index (χ4n) is 3.98. The number of carbonyl (C=O) groups excluding carboxylic acids is 1. The average molecular weight is 355 g/mol. The van der Waals surface area contributed by atoms with Crippen molar-refractivity contribution in [2.24, 2.45) is 11.8 Å². The van der Waals surface area contributed by atoms with Gasteiger partial charge in [-0.2, -0.15) is 0 Å². The molecular formula is C19H27F2NO3. The molecule has 1 atom stereocenters. The third kappa shape index (κ3) is 4.47. The molecule has 1 aromatic rings. The minimum atomic E-state index is -2.61. The van der Waals surface area contributed by atoms with Crippen LogP contribution in [-0.4, -0.2) is 24.7 Å². The Balaban J connectivity index is 2.11. The molecule has 1 aromatic heterocycles. The number of rotatable bonds is 7. The van der Waals surface area contributed by atoms with E-state index in [2.05, 4.69) is 4.98 Å². The number of alkyl halides is 2. The molecule has 0 radical (unpaired) electrons. The molecule has 4 nitrogen and oxygen atoms in total. The predicted molar refractivity (Wildman–Crippen MR) is 90.9 cm³/mol. The SMILES string of the molecule is CCOC(=O)C(CC)[C@H]1CC[C@@H](c2ccnc(OC)c2C(F)F)CC1. The average Bonchev–Trinajstić information content (AvgIpc) is 2.62. The summed E-state index contributed by atoms with van der Waals surface area (Å²) in [6.07, 6.45) is 2.92. The molecule has 0 N–H and O–H groups in total. The molecule has 140 valence electrons. The lowest BCUT2D eigenvalue weighted by atomic mass is 9.72. The highest BCUT2D eigenvalue weighted by atomic mass is 19.3. The van der Waals surface area contributed by atoms with E-state index < -0.39 is 6.43 Å². The first kappa shape index (κ1) is 19.6. The number of nitrogens with zero attached hydrogens (tertiary/aromatic N) is 1. The summed E-state index contributed by atoms with van der Waals surface area (Å²) in [5, 5.41) is 0. The maximum atomic E-state index is 13.5. The summed E-state index contributed by atoms with van der Waals surface area (Å²) in [7, 11) is 1.36. The number of pyridine rings is 1. The van der Waals surface area contributed by atoms with Gasteiger partial charge in [-0.25, -0.2) is 13.8 Å². The Morgan fingerprint density at radius 3 is 2.48 bits per heavy atom. The van der Waals surface area contributed by atoms with Gasteiger partial charge in [-0.05, 0) is 62.5 Å². The first-order valence-corrected chi connectivity index (χ1v) is 9.00. The van der Waals surface area contributed by atoms with Gasteiger partial charge >= 0.3 is 5.97 Å². The molecule has 25 heavy (non-hydrogen) atoms. The minimum Gasteiger partial charge on any atom is -0.481 e. The molecule has 6 heteroatoms. The van der Waals surface area contributed by atoms with Crippen LogP contribution in [0.1, 0.15) is 69.4 Å². The molecule has 1 heterocycles. The van der Waals surface area contributed by atoms with Gasteiger partial charge in [0.25, 0.3) is 6.43 Å². The monoisotopic (exact) mass is 355 g/mol. The highest BCUT2D eigenvalue weighted by Gasteiger charge is 2.34. The Hall–Kier alpha value is -1.72. The smallest absolute Gasteiger partial charge is 0.309 e. The van der Waals surface area contributed by atoms with E-state index in [1.165, 1.54) is 13.3 Å². The lowest BCUT2D eigenvalue weighted by molar-refractivity contribution is -0.150. The number of carbonyl (C=O) groups is 1. The van der Waals surface area contributed by atoms with Crippen LogP contribution < -0.4 is 4.74 Å². The first-order valence-electron chi connectivity index (χ1n) is 9.00. The lowest BCUT2D eigenvalue weighted by Gasteiger charge is -2.33. The second-order valence-electron chi connectivity index (χ2n) is 6.50. The zero-order valence-corrected chi connectivity index (χ0v) is 15.1. The van der Waals surface area contributed by atoms with Crippen LogP contribution in [0, 0.1) is 11.8 Å². The second kappa shape index (κ2) is 9.11. The summed E-state index contributed by atoms with van der Waals surface area (Å²) in [4.78, 5) is 16.0. The van der Waals surface area contributed by atoms with Gasteiger partial charge in [0.2, 0.25) is 5.88 Å². The number of aromatic nitrogens is 1. The van der Waals surface area contributed by atoms with Gasteiger partial charge in [0.15, 0.2) is 0 Å². The van der Waals surface area contributed by atoms with Crippen molar-refractivity contribution in [1.29, 1.82) is 0 Å². The van der Waals surface area contributed by atoms with E-state index in [0.717, 1.165) is 32.1 Å². The Morgan fingerprint density at radius 1 is 1.28 bits per heavy atom. The van der Waals surface area contributed by atoms with E-state index in [1.54, 1.807) is 6.07 Å². The van der Waals surface area contributed by atoms with E-state index >= 15 is 0 Å². The third-order valence-electron chi connectivity index (χ3n) is 5.21. The van der Waals surface area contributed by atoms with Gasteiger partial charge in [0, 0.05) is 6.20 Å². The van der Waals surface area contributed by atoms with Crippen LogP contribution in [0.15, 0.2) is 12.3 Å². The van der Waals surface area contributed by atoms with Gasteiger partial charge < -0.3 is 9.47 Å². The Labute approximate surface area is 147 Å². The molecule has 0 amide bonds. The molecule has 1 fully saturated rings. The van der Waals surface area contributed by atoms with Crippen molar-refractivity contribution < 1.29 is 23.0 Å². The summed E-state index contributed by atoms with van der Waals surface area (Å²) in [6, 6.07) is 1.68. The summed E-state index contributed by atoms with van der Waals surface area (Å²) < 4.78 is 37.2. The Bertz CT molecular complexity index is 572. The fourth-order valence-corrected chi connectivity index (χ4v) is 3.98. The fraction of sp³-hybridized carbons (Fsp3) is 0.684. The van der Waals surface area contributed by atoms with E-state index in [4.69, 9.17) is 9.47 Å². The summed E-state index contributed by atoms with van der Waals surface area (Å²) in [5.74, 6) is 0.0956. The van der Waals surface area contributed by atoms with E-state index in [1.807, 2.05) is 13.8 Å². The molecule has 0 spiro atoms. The van der Waals surface area contributed by atoms with Crippen molar-refractivity contribution in [3.8, 4) is 5.88 Å². The molecule has 0 bridgehead atoms. The molecule has 1 unspecified atom stereocenters. The topological polar surface area (TPSA) is 48.4 Å². The maximum Gasteiger partial charge on any atom is 0.309 e. The third-order valence-corrected chi connectivity index (χ3v) is 5.21. The normalized spacial score (nSPS) is 21.8. The van der Waals surface area contributed by atoms with E-state index in [9.17, 15) is 13.6 Å². The highest BCUT2D eigenvalue weighted by molar-refractivity contribution is 5.72. The van der Waals surface area contributed by atoms with Crippen LogP contribution in [0.25, 0.3) is 0 Å². The number of methoxy groups -OCH3 is 1. The van der Waals surface area contributed by atoms with Crippen molar-refractivity contribution in [2.75, 3.05) is 13.7 Å². The van der Waals surface area contributed by atoms with Crippen LogP contribution in [0.2, 0.25) is 0 Å². The van der Waals surface area contributed by atoms with Gasteiger partial charge in [0.05, 0.1) is 25.2 Å². The molecule has 0 aromatic carbocycles. The number of halogens is 2. The van der Waals surface area contributed by atoms with Crippen molar-refractivity contribution in [1.82, 2.24) is 4.98 Å². The zero-order valence-electron chi connectivity index (χ0n) is 15.1. The van der Waals surface area contributed by atoms with Gasteiger partial charge in [-0.15, -0.1) is 0 Å². The van der Waals surface area contributed by atoms with Crippen molar-refractivity contribution in [3.05, 3.63) is 23.4 Å². The van der Waals surface area contributed by atoms with Crippen molar-refractivity contribution in [2.45, 2.75) is 58.3 Å². The zero-order chi connectivity index (χ0) is 18.4. The summed E-state index contributed by atoms with van der Waals surface area (Å²) in [5.41, 5.74) is 0.537. The molecule has 1 aliphatic rings. The lowest BCUT2D eigenvalue weighted by Crippen LogP contribution is -2.28. The molecule has 1 saturated carbocycles. The maximum absolute atomic E-state index is 13.5. The number of hydrogen-bond donors (Lipinski definition) is 0.